The molecule has 0 unspecified atom stereocenters. The molecule has 0 spiro atoms. The molecule has 4 heteroatoms. The highest BCUT2D eigenvalue weighted by Gasteiger charge is 2.11. The number of rotatable bonds is 6. The number of nitrogens with one attached hydrogen (secondary N) is 1. The van der Waals surface area contributed by atoms with E-state index in [0.717, 1.165) is 23.2 Å². The molecule has 17 heavy (non-hydrogen) atoms. The van der Waals surface area contributed by atoms with Gasteiger partial charge in [-0.25, -0.2) is 8.42 Å². The van der Waals surface area contributed by atoms with Gasteiger partial charge in [-0.1, -0.05) is 36.2 Å². The Morgan fingerprint density at radius 3 is 2.24 bits per heavy atom. The molecular formula is C13H21NO2S. The summed E-state index contributed by atoms with van der Waals surface area (Å²) in [5.74, 6) is 0.342. The first-order valence-corrected chi connectivity index (χ1v) is 7.73. The zero-order chi connectivity index (χ0) is 12.9. The van der Waals surface area contributed by atoms with Gasteiger partial charge in [0, 0.05) is 6.54 Å². The van der Waals surface area contributed by atoms with Gasteiger partial charge in [-0.3, -0.25) is 0 Å². The third-order valence-corrected chi connectivity index (χ3v) is 4.11. The second-order valence-electron chi connectivity index (χ2n) is 4.44. The minimum absolute atomic E-state index is 0.140. The van der Waals surface area contributed by atoms with Crippen LogP contribution in [0.15, 0.2) is 18.2 Å². The Balaban J connectivity index is 2.69. The van der Waals surface area contributed by atoms with E-state index in [2.05, 4.69) is 11.4 Å². The molecule has 0 aliphatic carbocycles. The van der Waals surface area contributed by atoms with Gasteiger partial charge < -0.3 is 5.32 Å². The maximum Gasteiger partial charge on any atom is 0.155 e. The normalized spacial score (nSPS) is 11.7. The van der Waals surface area contributed by atoms with Crippen molar-refractivity contribution in [1.29, 1.82) is 0 Å². The van der Waals surface area contributed by atoms with Gasteiger partial charge in [0.1, 0.15) is 0 Å². The van der Waals surface area contributed by atoms with Crippen LogP contribution in [0.5, 0.6) is 0 Å². The zero-order valence-corrected chi connectivity index (χ0v) is 11.6. The van der Waals surface area contributed by atoms with E-state index in [1.54, 1.807) is 0 Å². The maximum absolute atomic E-state index is 11.9. The van der Waals surface area contributed by atoms with Crippen LogP contribution in [0.4, 0.5) is 0 Å². The van der Waals surface area contributed by atoms with Crippen LogP contribution in [-0.2, 0) is 15.6 Å². The fourth-order valence-corrected chi connectivity index (χ4v) is 3.16. The van der Waals surface area contributed by atoms with E-state index in [0.29, 0.717) is 6.54 Å². The summed E-state index contributed by atoms with van der Waals surface area (Å²) in [5, 5.41) is 3.03. The van der Waals surface area contributed by atoms with Crippen LogP contribution >= 0.6 is 0 Å². The van der Waals surface area contributed by atoms with E-state index in [1.165, 1.54) is 0 Å². The summed E-state index contributed by atoms with van der Waals surface area (Å²) >= 11 is 0. The lowest BCUT2D eigenvalue weighted by atomic mass is 10.1. The van der Waals surface area contributed by atoms with Gasteiger partial charge in [-0.15, -0.1) is 0 Å². The smallest absolute Gasteiger partial charge is 0.155 e. The summed E-state index contributed by atoms with van der Waals surface area (Å²) in [6.45, 7) is 7.28. The van der Waals surface area contributed by atoms with Crippen LogP contribution in [0, 0.1) is 13.8 Å². The van der Waals surface area contributed by atoms with Gasteiger partial charge in [0.05, 0.1) is 11.5 Å². The molecule has 0 aromatic heterocycles. The predicted octanol–water partition coefficient (Wildman–Crippen LogP) is 1.83. The highest BCUT2D eigenvalue weighted by Crippen LogP contribution is 2.12. The first-order valence-electron chi connectivity index (χ1n) is 5.91. The van der Waals surface area contributed by atoms with Crippen LogP contribution in [-0.4, -0.2) is 27.3 Å². The van der Waals surface area contributed by atoms with Crippen LogP contribution in [0.25, 0.3) is 0 Å². The third-order valence-electron chi connectivity index (χ3n) is 2.51. The van der Waals surface area contributed by atoms with Crippen molar-refractivity contribution in [3.63, 3.8) is 0 Å². The Bertz CT molecular complexity index is 446. The quantitative estimate of drug-likeness (QED) is 0.789. The standard InChI is InChI=1S/C13H21NO2S/c1-4-14-5-6-17(15,16)10-13-8-11(2)7-12(3)9-13/h7-9,14H,4-6,10H2,1-3H3. The lowest BCUT2D eigenvalue weighted by Crippen LogP contribution is -2.23. The molecule has 0 saturated carbocycles. The molecular weight excluding hydrogens is 234 g/mol. The highest BCUT2D eigenvalue weighted by atomic mass is 32.2. The van der Waals surface area contributed by atoms with E-state index in [1.807, 2.05) is 32.9 Å². The van der Waals surface area contributed by atoms with Crippen molar-refractivity contribution in [2.24, 2.45) is 0 Å². The number of benzene rings is 1. The molecule has 0 atom stereocenters. The van der Waals surface area contributed by atoms with Crippen LogP contribution < -0.4 is 5.32 Å². The Morgan fingerprint density at radius 1 is 1.12 bits per heavy atom. The molecule has 3 nitrogen and oxygen atoms in total. The molecule has 0 aliphatic heterocycles. The largest absolute Gasteiger partial charge is 0.316 e. The molecule has 0 saturated heterocycles. The lowest BCUT2D eigenvalue weighted by Gasteiger charge is -2.07. The molecule has 0 heterocycles. The molecule has 0 bridgehead atoms. The second-order valence-corrected chi connectivity index (χ2v) is 6.63. The molecule has 0 aliphatic rings. The monoisotopic (exact) mass is 255 g/mol. The molecule has 1 rings (SSSR count). The minimum atomic E-state index is -3.00. The van der Waals surface area contributed by atoms with Crippen molar-refractivity contribution < 1.29 is 8.42 Å². The van der Waals surface area contributed by atoms with Crippen molar-refractivity contribution in [3.05, 3.63) is 34.9 Å². The Kier molecular flexibility index (Phi) is 5.15. The molecule has 1 N–H and O–H groups in total. The van der Waals surface area contributed by atoms with Gasteiger partial charge in [0.2, 0.25) is 0 Å². The van der Waals surface area contributed by atoms with E-state index in [-0.39, 0.29) is 11.5 Å². The van der Waals surface area contributed by atoms with Crippen LogP contribution in [0.1, 0.15) is 23.6 Å². The second kappa shape index (κ2) is 6.17. The topological polar surface area (TPSA) is 46.2 Å². The van der Waals surface area contributed by atoms with Gasteiger partial charge in [0.25, 0.3) is 0 Å². The first-order chi connectivity index (χ1) is 7.93. The number of hydrogen-bond donors (Lipinski definition) is 1. The van der Waals surface area contributed by atoms with Crippen molar-refractivity contribution in [2.75, 3.05) is 18.8 Å². The van der Waals surface area contributed by atoms with Crippen LogP contribution in [0.2, 0.25) is 0 Å². The SMILES string of the molecule is CCNCCS(=O)(=O)Cc1cc(C)cc(C)c1. The fourth-order valence-electron chi connectivity index (χ4n) is 1.88. The summed E-state index contributed by atoms with van der Waals surface area (Å²) in [6.07, 6.45) is 0. The van der Waals surface area contributed by atoms with E-state index >= 15 is 0 Å². The summed E-state index contributed by atoms with van der Waals surface area (Å²) in [7, 11) is -3.00. The van der Waals surface area contributed by atoms with Gasteiger partial charge in [0.15, 0.2) is 9.84 Å². The summed E-state index contributed by atoms with van der Waals surface area (Å²) < 4.78 is 23.7. The van der Waals surface area contributed by atoms with E-state index < -0.39 is 9.84 Å². The van der Waals surface area contributed by atoms with Gasteiger partial charge in [-0.05, 0) is 26.0 Å². The van der Waals surface area contributed by atoms with Crippen molar-refractivity contribution >= 4 is 9.84 Å². The average molecular weight is 255 g/mol. The molecule has 1 aromatic rings. The molecule has 0 amide bonds. The predicted molar refractivity (Wildman–Crippen MR) is 72.0 cm³/mol. The minimum Gasteiger partial charge on any atom is -0.316 e. The van der Waals surface area contributed by atoms with Gasteiger partial charge >= 0.3 is 0 Å². The van der Waals surface area contributed by atoms with Crippen molar-refractivity contribution in [2.45, 2.75) is 26.5 Å². The van der Waals surface area contributed by atoms with Crippen LogP contribution in [0.3, 0.4) is 0 Å². The number of sulfone groups is 1. The van der Waals surface area contributed by atoms with Gasteiger partial charge in [-0.2, -0.15) is 0 Å². The zero-order valence-electron chi connectivity index (χ0n) is 10.8. The summed E-state index contributed by atoms with van der Waals surface area (Å²) in [4.78, 5) is 0. The fraction of sp³-hybridized carbons (Fsp3) is 0.538. The lowest BCUT2D eigenvalue weighted by molar-refractivity contribution is 0.591. The average Bonchev–Trinajstić information content (AvgIpc) is 2.14. The Labute approximate surface area is 104 Å². The third kappa shape index (κ3) is 5.33. The highest BCUT2D eigenvalue weighted by molar-refractivity contribution is 7.90. The number of hydrogen-bond acceptors (Lipinski definition) is 3. The van der Waals surface area contributed by atoms with Crippen molar-refractivity contribution in [3.8, 4) is 0 Å². The molecule has 0 radical (unpaired) electrons. The summed E-state index contributed by atoms with van der Waals surface area (Å²) in [6, 6.07) is 5.93. The van der Waals surface area contributed by atoms with E-state index in [4.69, 9.17) is 0 Å². The molecule has 96 valence electrons. The molecule has 1 aromatic carbocycles. The Morgan fingerprint density at radius 2 is 1.71 bits per heavy atom. The summed E-state index contributed by atoms with van der Waals surface area (Å²) in [5.41, 5.74) is 3.11. The molecule has 0 fully saturated rings. The number of aryl methyl sites for hydroxylation is 2. The van der Waals surface area contributed by atoms with E-state index in [9.17, 15) is 8.42 Å². The first kappa shape index (κ1) is 14.2. The van der Waals surface area contributed by atoms with Crippen molar-refractivity contribution in [1.82, 2.24) is 5.32 Å². The Hall–Kier alpha value is -0.870. The maximum atomic E-state index is 11.9.